The zero-order valence-electron chi connectivity index (χ0n) is 13.9. The molecule has 1 N–H and O–H groups in total. The summed E-state index contributed by atoms with van der Waals surface area (Å²) in [5.74, 6) is 1.53. The summed E-state index contributed by atoms with van der Waals surface area (Å²) < 4.78 is 0. The van der Waals surface area contributed by atoms with Crippen LogP contribution in [0, 0.1) is 11.3 Å². The maximum absolute atomic E-state index is 3.52. The highest BCUT2D eigenvalue weighted by Gasteiger charge is 2.25. The molecule has 1 heteroatoms. The van der Waals surface area contributed by atoms with Crippen molar-refractivity contribution in [2.24, 2.45) is 11.3 Å². The minimum absolute atomic E-state index is 0.376. The number of rotatable bonds is 5. The number of hydrogen-bond donors (Lipinski definition) is 1. The highest BCUT2D eigenvalue weighted by atomic mass is 14.9. The van der Waals surface area contributed by atoms with Gasteiger partial charge >= 0.3 is 0 Å². The Hall–Kier alpha value is -0.820. The van der Waals surface area contributed by atoms with E-state index in [1.165, 1.54) is 31.2 Å². The van der Waals surface area contributed by atoms with Gasteiger partial charge in [-0.05, 0) is 54.7 Å². The lowest BCUT2D eigenvalue weighted by Crippen LogP contribution is -2.25. The van der Waals surface area contributed by atoms with E-state index in [1.807, 2.05) is 0 Å². The SMILES string of the molecule is CNC(CC(C)C(C)(C)C)c1cccc(C2CCC2)c1. The summed E-state index contributed by atoms with van der Waals surface area (Å²) in [6, 6.07) is 9.77. The summed E-state index contributed by atoms with van der Waals surface area (Å²) in [7, 11) is 2.09. The number of hydrogen-bond acceptors (Lipinski definition) is 1. The molecule has 112 valence electrons. The van der Waals surface area contributed by atoms with Crippen molar-refractivity contribution >= 4 is 0 Å². The molecule has 2 atom stereocenters. The molecule has 2 rings (SSSR count). The molecule has 1 aromatic rings. The van der Waals surface area contributed by atoms with Crippen LogP contribution in [0.15, 0.2) is 24.3 Å². The van der Waals surface area contributed by atoms with Crippen LogP contribution in [0.1, 0.15) is 76.5 Å². The Balaban J connectivity index is 2.10. The summed E-state index contributed by atoms with van der Waals surface area (Å²) in [5, 5.41) is 3.52. The first-order chi connectivity index (χ1) is 9.41. The van der Waals surface area contributed by atoms with Crippen LogP contribution in [0.3, 0.4) is 0 Å². The van der Waals surface area contributed by atoms with Gasteiger partial charge in [0, 0.05) is 6.04 Å². The van der Waals surface area contributed by atoms with Crippen LogP contribution in [0.5, 0.6) is 0 Å². The molecule has 0 saturated heterocycles. The van der Waals surface area contributed by atoms with Gasteiger partial charge in [0.15, 0.2) is 0 Å². The van der Waals surface area contributed by atoms with Gasteiger partial charge in [0.1, 0.15) is 0 Å². The Morgan fingerprint density at radius 3 is 2.45 bits per heavy atom. The van der Waals surface area contributed by atoms with Gasteiger partial charge < -0.3 is 5.32 Å². The molecule has 1 saturated carbocycles. The van der Waals surface area contributed by atoms with Crippen molar-refractivity contribution in [1.29, 1.82) is 0 Å². The van der Waals surface area contributed by atoms with Gasteiger partial charge in [-0.25, -0.2) is 0 Å². The summed E-state index contributed by atoms with van der Waals surface area (Å²) in [6.07, 6.45) is 5.37. The molecule has 1 fully saturated rings. The van der Waals surface area contributed by atoms with Crippen LogP contribution in [-0.4, -0.2) is 7.05 Å². The first kappa shape index (κ1) is 15.6. The van der Waals surface area contributed by atoms with Gasteiger partial charge in [-0.3, -0.25) is 0 Å². The van der Waals surface area contributed by atoms with Crippen molar-refractivity contribution in [3.05, 3.63) is 35.4 Å². The molecular weight excluding hydrogens is 242 g/mol. The zero-order valence-corrected chi connectivity index (χ0v) is 13.9. The van der Waals surface area contributed by atoms with Crippen LogP contribution in [0.4, 0.5) is 0 Å². The predicted molar refractivity (Wildman–Crippen MR) is 88.1 cm³/mol. The second kappa shape index (κ2) is 6.30. The monoisotopic (exact) mass is 273 g/mol. The van der Waals surface area contributed by atoms with E-state index in [9.17, 15) is 0 Å². The van der Waals surface area contributed by atoms with Gasteiger partial charge in [-0.2, -0.15) is 0 Å². The van der Waals surface area contributed by atoms with Crippen molar-refractivity contribution in [1.82, 2.24) is 5.32 Å². The molecule has 1 aromatic carbocycles. The second-order valence-corrected chi connectivity index (χ2v) is 7.64. The molecule has 0 aliphatic heterocycles. The fraction of sp³-hybridized carbons (Fsp3) is 0.684. The molecule has 0 radical (unpaired) electrons. The largest absolute Gasteiger partial charge is 0.313 e. The molecule has 1 aliphatic rings. The molecule has 0 spiro atoms. The van der Waals surface area contributed by atoms with Gasteiger partial charge in [-0.1, -0.05) is 58.4 Å². The topological polar surface area (TPSA) is 12.0 Å². The second-order valence-electron chi connectivity index (χ2n) is 7.64. The van der Waals surface area contributed by atoms with Crippen LogP contribution in [0.25, 0.3) is 0 Å². The van der Waals surface area contributed by atoms with Crippen molar-refractivity contribution in [3.63, 3.8) is 0 Å². The van der Waals surface area contributed by atoms with Crippen LogP contribution in [0.2, 0.25) is 0 Å². The summed E-state index contributed by atoms with van der Waals surface area (Å²) in [5.41, 5.74) is 3.39. The van der Waals surface area contributed by atoms with E-state index in [1.54, 1.807) is 5.56 Å². The lowest BCUT2D eigenvalue weighted by molar-refractivity contribution is 0.226. The predicted octanol–water partition coefficient (Wildman–Crippen LogP) is 5.29. The first-order valence-corrected chi connectivity index (χ1v) is 8.19. The highest BCUT2D eigenvalue weighted by molar-refractivity contribution is 5.29. The van der Waals surface area contributed by atoms with Gasteiger partial charge in [0.2, 0.25) is 0 Å². The molecule has 2 unspecified atom stereocenters. The highest BCUT2D eigenvalue weighted by Crippen LogP contribution is 2.38. The molecular formula is C19H31N. The van der Waals surface area contributed by atoms with E-state index >= 15 is 0 Å². The smallest absolute Gasteiger partial charge is 0.0320 e. The van der Waals surface area contributed by atoms with E-state index in [2.05, 4.69) is 64.3 Å². The van der Waals surface area contributed by atoms with Crippen molar-refractivity contribution < 1.29 is 0 Å². The third-order valence-electron chi connectivity index (χ3n) is 5.31. The Kier molecular flexibility index (Phi) is 4.90. The third-order valence-corrected chi connectivity index (χ3v) is 5.31. The Labute approximate surface area is 125 Å². The van der Waals surface area contributed by atoms with Crippen molar-refractivity contribution in [2.75, 3.05) is 7.05 Å². The molecule has 20 heavy (non-hydrogen) atoms. The third kappa shape index (κ3) is 3.63. The average Bonchev–Trinajstić information content (AvgIpc) is 2.32. The van der Waals surface area contributed by atoms with Gasteiger partial charge in [0.05, 0.1) is 0 Å². The molecule has 0 bridgehead atoms. The molecule has 1 nitrogen and oxygen atoms in total. The molecule has 0 aromatic heterocycles. The van der Waals surface area contributed by atoms with E-state index < -0.39 is 0 Å². The molecule has 0 amide bonds. The molecule has 0 heterocycles. The van der Waals surface area contributed by atoms with E-state index in [0.29, 0.717) is 17.4 Å². The van der Waals surface area contributed by atoms with Gasteiger partial charge in [0.25, 0.3) is 0 Å². The summed E-state index contributed by atoms with van der Waals surface area (Å²) in [6.45, 7) is 9.40. The summed E-state index contributed by atoms with van der Waals surface area (Å²) in [4.78, 5) is 0. The Morgan fingerprint density at radius 1 is 1.25 bits per heavy atom. The van der Waals surface area contributed by atoms with E-state index in [-0.39, 0.29) is 0 Å². The fourth-order valence-electron chi connectivity index (χ4n) is 2.90. The standard InChI is InChI=1S/C19H31N/c1-14(19(2,3)4)12-18(20-5)17-11-7-10-16(13-17)15-8-6-9-15/h7,10-11,13-15,18,20H,6,8-9,12H2,1-5H3. The van der Waals surface area contributed by atoms with Crippen LogP contribution < -0.4 is 5.32 Å². The van der Waals surface area contributed by atoms with Crippen LogP contribution >= 0.6 is 0 Å². The minimum Gasteiger partial charge on any atom is -0.313 e. The van der Waals surface area contributed by atoms with Gasteiger partial charge in [-0.15, -0.1) is 0 Å². The number of nitrogens with one attached hydrogen (secondary N) is 1. The normalized spacial score (nSPS) is 19.4. The van der Waals surface area contributed by atoms with Crippen LogP contribution in [-0.2, 0) is 0 Å². The van der Waals surface area contributed by atoms with E-state index in [4.69, 9.17) is 0 Å². The Bertz CT molecular complexity index is 426. The minimum atomic E-state index is 0.376. The Morgan fingerprint density at radius 2 is 1.95 bits per heavy atom. The van der Waals surface area contributed by atoms with Crippen molar-refractivity contribution in [3.8, 4) is 0 Å². The lowest BCUT2D eigenvalue weighted by atomic mass is 9.76. The molecule has 1 aliphatic carbocycles. The maximum atomic E-state index is 3.52. The maximum Gasteiger partial charge on any atom is 0.0320 e. The quantitative estimate of drug-likeness (QED) is 0.769. The average molecular weight is 273 g/mol. The van der Waals surface area contributed by atoms with E-state index in [0.717, 1.165) is 5.92 Å². The zero-order chi connectivity index (χ0) is 14.8. The first-order valence-electron chi connectivity index (χ1n) is 8.19. The fourth-order valence-corrected chi connectivity index (χ4v) is 2.90. The van der Waals surface area contributed by atoms with Crippen molar-refractivity contribution in [2.45, 2.75) is 65.3 Å². The lowest BCUT2D eigenvalue weighted by Gasteiger charge is -2.32. The summed E-state index contributed by atoms with van der Waals surface area (Å²) >= 11 is 0. The number of benzene rings is 1.